The standard InChI is InChI=1S/C9H11NO/c10-9(11)7-6-8-4-2-1-3-5-8/h1-7,9,11H,10H2/b7-6+. The highest BCUT2D eigenvalue weighted by Gasteiger charge is 1.85. The number of nitrogens with two attached hydrogens (primary N) is 1. The van der Waals surface area contributed by atoms with Crippen molar-refractivity contribution in [2.45, 2.75) is 6.23 Å². The number of aliphatic hydroxyl groups is 1. The zero-order valence-corrected chi connectivity index (χ0v) is 6.14. The van der Waals surface area contributed by atoms with Gasteiger partial charge in [0, 0.05) is 0 Å². The summed E-state index contributed by atoms with van der Waals surface area (Å²) in [7, 11) is 0. The highest BCUT2D eigenvalue weighted by molar-refractivity contribution is 5.48. The predicted molar refractivity (Wildman–Crippen MR) is 45.7 cm³/mol. The first-order valence-corrected chi connectivity index (χ1v) is 3.46. The van der Waals surface area contributed by atoms with E-state index < -0.39 is 6.23 Å². The Morgan fingerprint density at radius 1 is 1.27 bits per heavy atom. The van der Waals surface area contributed by atoms with E-state index in [1.54, 1.807) is 6.08 Å². The number of aliphatic hydroxyl groups excluding tert-OH is 1. The van der Waals surface area contributed by atoms with Crippen molar-refractivity contribution in [1.29, 1.82) is 0 Å². The molecule has 1 unspecified atom stereocenters. The fourth-order valence-electron chi connectivity index (χ4n) is 0.774. The molecule has 0 bridgehead atoms. The maximum atomic E-state index is 8.70. The quantitative estimate of drug-likeness (QED) is 0.615. The van der Waals surface area contributed by atoms with Gasteiger partial charge in [-0.25, -0.2) is 0 Å². The lowest BCUT2D eigenvalue weighted by atomic mass is 10.2. The Balaban J connectivity index is 2.65. The van der Waals surface area contributed by atoms with Crippen LogP contribution in [0.15, 0.2) is 36.4 Å². The molecule has 0 spiro atoms. The average Bonchev–Trinajstić information content (AvgIpc) is 2.03. The zero-order valence-electron chi connectivity index (χ0n) is 6.14. The Bertz CT molecular complexity index is 229. The number of hydrogen-bond acceptors (Lipinski definition) is 2. The summed E-state index contributed by atoms with van der Waals surface area (Å²) in [4.78, 5) is 0. The molecule has 1 aromatic rings. The molecule has 1 rings (SSSR count). The van der Waals surface area contributed by atoms with Crippen LogP contribution in [0.5, 0.6) is 0 Å². The molecule has 1 atom stereocenters. The molecule has 0 fully saturated rings. The number of benzene rings is 1. The van der Waals surface area contributed by atoms with Crippen LogP contribution in [0.2, 0.25) is 0 Å². The highest BCUT2D eigenvalue weighted by Crippen LogP contribution is 2.00. The third-order valence-corrected chi connectivity index (χ3v) is 1.29. The van der Waals surface area contributed by atoms with Crippen molar-refractivity contribution in [3.63, 3.8) is 0 Å². The molecule has 0 radical (unpaired) electrons. The summed E-state index contributed by atoms with van der Waals surface area (Å²) in [5.74, 6) is 0. The second-order valence-corrected chi connectivity index (χ2v) is 2.26. The first-order valence-electron chi connectivity index (χ1n) is 3.46. The van der Waals surface area contributed by atoms with E-state index in [-0.39, 0.29) is 0 Å². The minimum atomic E-state index is -0.866. The lowest BCUT2D eigenvalue weighted by molar-refractivity contribution is 0.232. The van der Waals surface area contributed by atoms with E-state index in [2.05, 4.69) is 0 Å². The molecule has 2 heteroatoms. The van der Waals surface area contributed by atoms with Crippen molar-refractivity contribution in [2.75, 3.05) is 0 Å². The van der Waals surface area contributed by atoms with Gasteiger partial charge in [-0.2, -0.15) is 0 Å². The van der Waals surface area contributed by atoms with E-state index in [4.69, 9.17) is 10.8 Å². The number of rotatable bonds is 2. The van der Waals surface area contributed by atoms with Gasteiger partial charge in [0.1, 0.15) is 6.23 Å². The molecule has 11 heavy (non-hydrogen) atoms. The second-order valence-electron chi connectivity index (χ2n) is 2.26. The molecule has 0 aliphatic carbocycles. The summed E-state index contributed by atoms with van der Waals surface area (Å²) in [6, 6.07) is 9.69. The Kier molecular flexibility index (Phi) is 2.83. The Morgan fingerprint density at radius 3 is 2.45 bits per heavy atom. The van der Waals surface area contributed by atoms with Crippen LogP contribution in [0.4, 0.5) is 0 Å². The lowest BCUT2D eigenvalue weighted by Crippen LogP contribution is -2.14. The van der Waals surface area contributed by atoms with E-state index in [0.29, 0.717) is 0 Å². The third kappa shape index (κ3) is 2.98. The predicted octanol–water partition coefficient (Wildman–Crippen LogP) is 0.977. The lowest BCUT2D eigenvalue weighted by Gasteiger charge is -1.94. The molecule has 58 valence electrons. The van der Waals surface area contributed by atoms with Gasteiger partial charge in [0.15, 0.2) is 0 Å². The summed E-state index contributed by atoms with van der Waals surface area (Å²) in [5, 5.41) is 8.70. The Labute approximate surface area is 66.0 Å². The second kappa shape index (κ2) is 3.91. The average molecular weight is 149 g/mol. The van der Waals surface area contributed by atoms with Gasteiger partial charge in [0.2, 0.25) is 0 Å². The van der Waals surface area contributed by atoms with Gasteiger partial charge in [-0.05, 0) is 11.6 Å². The molecular weight excluding hydrogens is 138 g/mol. The summed E-state index contributed by atoms with van der Waals surface area (Å²) in [5.41, 5.74) is 6.15. The molecule has 3 N–H and O–H groups in total. The maximum Gasteiger partial charge on any atom is 0.121 e. The molecule has 0 heterocycles. The molecule has 0 amide bonds. The van der Waals surface area contributed by atoms with Gasteiger partial charge in [-0.1, -0.05) is 36.4 Å². The largest absolute Gasteiger partial charge is 0.375 e. The molecule has 0 saturated carbocycles. The SMILES string of the molecule is NC(O)/C=C/c1ccccc1. The third-order valence-electron chi connectivity index (χ3n) is 1.29. The molecular formula is C9H11NO. The van der Waals surface area contributed by atoms with Crippen molar-refractivity contribution in [2.24, 2.45) is 5.73 Å². The first kappa shape index (κ1) is 7.98. The summed E-state index contributed by atoms with van der Waals surface area (Å²) in [6.07, 6.45) is 2.45. The number of hydrogen-bond donors (Lipinski definition) is 2. The van der Waals surface area contributed by atoms with Crippen molar-refractivity contribution in [1.82, 2.24) is 0 Å². The van der Waals surface area contributed by atoms with Crippen LogP contribution in [-0.4, -0.2) is 11.3 Å². The monoisotopic (exact) mass is 149 g/mol. The summed E-state index contributed by atoms with van der Waals surface area (Å²) < 4.78 is 0. The Hall–Kier alpha value is -1.12. The highest BCUT2D eigenvalue weighted by atomic mass is 16.3. The fourth-order valence-corrected chi connectivity index (χ4v) is 0.774. The smallest absolute Gasteiger partial charge is 0.121 e. The van der Waals surface area contributed by atoms with Crippen molar-refractivity contribution in [3.05, 3.63) is 42.0 Å². The van der Waals surface area contributed by atoms with Crippen molar-refractivity contribution in [3.8, 4) is 0 Å². The van der Waals surface area contributed by atoms with E-state index >= 15 is 0 Å². The minimum Gasteiger partial charge on any atom is -0.375 e. The molecule has 0 aliphatic rings. The summed E-state index contributed by atoms with van der Waals surface area (Å²) in [6.45, 7) is 0. The van der Waals surface area contributed by atoms with E-state index in [1.807, 2.05) is 30.3 Å². The van der Waals surface area contributed by atoms with Crippen LogP contribution in [-0.2, 0) is 0 Å². The summed E-state index contributed by atoms with van der Waals surface area (Å²) >= 11 is 0. The van der Waals surface area contributed by atoms with Gasteiger partial charge < -0.3 is 10.8 Å². The van der Waals surface area contributed by atoms with Gasteiger partial charge in [0.25, 0.3) is 0 Å². The van der Waals surface area contributed by atoms with Gasteiger partial charge in [0.05, 0.1) is 0 Å². The first-order chi connectivity index (χ1) is 5.29. The zero-order chi connectivity index (χ0) is 8.10. The molecule has 0 aromatic heterocycles. The van der Waals surface area contributed by atoms with Crippen LogP contribution in [0.1, 0.15) is 5.56 Å². The van der Waals surface area contributed by atoms with Gasteiger partial charge in [-0.15, -0.1) is 0 Å². The van der Waals surface area contributed by atoms with E-state index in [0.717, 1.165) is 5.56 Å². The van der Waals surface area contributed by atoms with Crippen LogP contribution in [0, 0.1) is 0 Å². The van der Waals surface area contributed by atoms with Crippen LogP contribution in [0.25, 0.3) is 6.08 Å². The molecule has 0 saturated heterocycles. The normalized spacial score (nSPS) is 13.6. The molecule has 2 nitrogen and oxygen atoms in total. The van der Waals surface area contributed by atoms with Gasteiger partial charge >= 0.3 is 0 Å². The fraction of sp³-hybridized carbons (Fsp3) is 0.111. The van der Waals surface area contributed by atoms with Gasteiger partial charge in [-0.3, -0.25) is 0 Å². The van der Waals surface area contributed by atoms with E-state index in [9.17, 15) is 0 Å². The Morgan fingerprint density at radius 2 is 1.91 bits per heavy atom. The van der Waals surface area contributed by atoms with Crippen molar-refractivity contribution < 1.29 is 5.11 Å². The van der Waals surface area contributed by atoms with Crippen molar-refractivity contribution >= 4 is 6.08 Å². The van der Waals surface area contributed by atoms with E-state index in [1.165, 1.54) is 6.08 Å². The molecule has 1 aromatic carbocycles. The minimum absolute atomic E-state index is 0.866. The van der Waals surface area contributed by atoms with Crippen LogP contribution >= 0.6 is 0 Å². The maximum absolute atomic E-state index is 8.70. The van der Waals surface area contributed by atoms with Crippen LogP contribution in [0.3, 0.4) is 0 Å². The molecule has 0 aliphatic heterocycles. The topological polar surface area (TPSA) is 46.2 Å². The van der Waals surface area contributed by atoms with Crippen LogP contribution < -0.4 is 5.73 Å².